The number of hydrogen-bond acceptors (Lipinski definition) is 4. The zero-order valence-electron chi connectivity index (χ0n) is 11.0. The van der Waals surface area contributed by atoms with Crippen molar-refractivity contribution in [3.8, 4) is 0 Å². The van der Waals surface area contributed by atoms with Crippen LogP contribution in [-0.4, -0.2) is 41.5 Å². The van der Waals surface area contributed by atoms with Gasteiger partial charge in [0.1, 0.15) is 0 Å². The minimum atomic E-state index is -0.932. The van der Waals surface area contributed by atoms with E-state index in [0.29, 0.717) is 25.1 Å². The van der Waals surface area contributed by atoms with Crippen LogP contribution in [-0.2, 0) is 14.3 Å². The van der Waals surface area contributed by atoms with Crippen LogP contribution in [0.5, 0.6) is 0 Å². The molecule has 0 aliphatic carbocycles. The largest absolute Gasteiger partial charge is 0.479 e. The molecule has 1 amide bonds. The van der Waals surface area contributed by atoms with Gasteiger partial charge in [-0.25, -0.2) is 4.79 Å². The quantitative estimate of drug-likeness (QED) is 0.778. The van der Waals surface area contributed by atoms with Gasteiger partial charge in [0.2, 0.25) is 5.91 Å². The Kier molecular flexibility index (Phi) is 5.43. The second kappa shape index (κ2) is 7.31. The highest BCUT2D eigenvalue weighted by Gasteiger charge is 2.30. The summed E-state index contributed by atoms with van der Waals surface area (Å²) in [5.41, 5.74) is 0. The Morgan fingerprint density at radius 3 is 2.70 bits per heavy atom. The van der Waals surface area contributed by atoms with E-state index in [2.05, 4.69) is 5.32 Å². The highest BCUT2D eigenvalue weighted by molar-refractivity contribution is 8.00. The first kappa shape index (κ1) is 14.9. The van der Waals surface area contributed by atoms with Crippen LogP contribution in [0.15, 0.2) is 35.2 Å². The molecule has 1 saturated heterocycles. The van der Waals surface area contributed by atoms with Crippen LogP contribution in [0.3, 0.4) is 0 Å². The van der Waals surface area contributed by atoms with E-state index in [9.17, 15) is 9.59 Å². The van der Waals surface area contributed by atoms with E-state index in [-0.39, 0.29) is 12.0 Å². The van der Waals surface area contributed by atoms with Gasteiger partial charge >= 0.3 is 5.97 Å². The molecular weight excluding hydrogens is 278 g/mol. The third-order valence-electron chi connectivity index (χ3n) is 3.02. The molecule has 108 valence electrons. The molecule has 1 aliphatic heterocycles. The van der Waals surface area contributed by atoms with Gasteiger partial charge < -0.3 is 15.2 Å². The molecule has 2 unspecified atom stereocenters. The topological polar surface area (TPSA) is 75.6 Å². The fourth-order valence-electron chi connectivity index (χ4n) is 1.98. The number of amides is 1. The molecule has 0 spiro atoms. The molecule has 1 aliphatic rings. The second-order valence-electron chi connectivity index (χ2n) is 4.57. The van der Waals surface area contributed by atoms with E-state index in [0.717, 1.165) is 4.90 Å². The van der Waals surface area contributed by atoms with Crippen LogP contribution in [0.4, 0.5) is 0 Å². The summed E-state index contributed by atoms with van der Waals surface area (Å²) in [5.74, 6) is -0.654. The van der Waals surface area contributed by atoms with Gasteiger partial charge in [0.05, 0.1) is 11.9 Å². The van der Waals surface area contributed by atoms with Gasteiger partial charge in [-0.15, -0.1) is 11.8 Å². The number of carbonyl (C=O) groups is 2. The molecule has 2 rings (SSSR count). The number of benzene rings is 1. The van der Waals surface area contributed by atoms with E-state index >= 15 is 0 Å². The number of nitrogens with one attached hydrogen (secondary N) is 1. The first-order chi connectivity index (χ1) is 9.65. The molecule has 2 atom stereocenters. The molecule has 0 bridgehead atoms. The van der Waals surface area contributed by atoms with Crippen LogP contribution in [0, 0.1) is 0 Å². The zero-order valence-corrected chi connectivity index (χ0v) is 11.8. The summed E-state index contributed by atoms with van der Waals surface area (Å²) >= 11 is 1.47. The summed E-state index contributed by atoms with van der Waals surface area (Å²) in [6, 6.07) is 9.70. The van der Waals surface area contributed by atoms with E-state index in [1.54, 1.807) is 0 Å². The molecular formula is C14H17NO4S. The maximum atomic E-state index is 11.7. The molecule has 1 aromatic rings. The average Bonchev–Trinajstić information content (AvgIpc) is 2.93. The Labute approximate surface area is 121 Å². The van der Waals surface area contributed by atoms with Gasteiger partial charge in [-0.05, 0) is 25.0 Å². The molecule has 2 N–H and O–H groups in total. The summed E-state index contributed by atoms with van der Waals surface area (Å²) < 4.78 is 5.31. The third kappa shape index (κ3) is 4.54. The summed E-state index contributed by atoms with van der Waals surface area (Å²) in [5, 5.41) is 11.6. The Balaban J connectivity index is 1.65. The van der Waals surface area contributed by atoms with Gasteiger partial charge in [0.15, 0.2) is 6.10 Å². The molecule has 0 aromatic heterocycles. The Hall–Kier alpha value is -1.53. The van der Waals surface area contributed by atoms with Crippen molar-refractivity contribution in [3.63, 3.8) is 0 Å². The zero-order chi connectivity index (χ0) is 14.4. The maximum absolute atomic E-state index is 11.7. The number of carboxylic acid groups (broad SMARTS) is 1. The smallest absolute Gasteiger partial charge is 0.332 e. The van der Waals surface area contributed by atoms with Crippen molar-refractivity contribution in [2.45, 2.75) is 29.9 Å². The number of carboxylic acids is 1. The molecule has 0 saturated carbocycles. The molecule has 0 radical (unpaired) electrons. The summed E-state index contributed by atoms with van der Waals surface area (Å²) in [6.45, 7) is 0.373. The van der Waals surface area contributed by atoms with Crippen molar-refractivity contribution in [2.75, 3.05) is 12.3 Å². The van der Waals surface area contributed by atoms with Gasteiger partial charge in [0, 0.05) is 11.4 Å². The Morgan fingerprint density at radius 1 is 1.30 bits per heavy atom. The molecule has 1 aromatic carbocycles. The number of aliphatic carboxylic acids is 1. The number of rotatable bonds is 6. The lowest BCUT2D eigenvalue weighted by molar-refractivity contribution is -0.149. The van der Waals surface area contributed by atoms with Crippen molar-refractivity contribution in [3.05, 3.63) is 30.3 Å². The number of ether oxygens (including phenoxy) is 1. The number of carbonyl (C=O) groups excluding carboxylic acids is 1. The van der Waals surface area contributed by atoms with Crippen molar-refractivity contribution in [2.24, 2.45) is 0 Å². The SMILES string of the molecule is O=C(CSc1ccccc1)NCC1CCC(C(=O)O)O1. The average molecular weight is 295 g/mol. The van der Waals surface area contributed by atoms with Crippen LogP contribution >= 0.6 is 11.8 Å². The lowest BCUT2D eigenvalue weighted by Gasteiger charge is -2.12. The fourth-order valence-corrected chi connectivity index (χ4v) is 2.73. The summed E-state index contributed by atoms with van der Waals surface area (Å²) in [4.78, 5) is 23.5. The predicted octanol–water partition coefficient (Wildman–Crippen LogP) is 1.53. The Morgan fingerprint density at radius 2 is 2.05 bits per heavy atom. The summed E-state index contributed by atoms with van der Waals surface area (Å²) in [7, 11) is 0. The third-order valence-corrected chi connectivity index (χ3v) is 4.04. The number of hydrogen-bond donors (Lipinski definition) is 2. The minimum Gasteiger partial charge on any atom is -0.479 e. The molecule has 20 heavy (non-hydrogen) atoms. The van der Waals surface area contributed by atoms with E-state index in [4.69, 9.17) is 9.84 Å². The normalized spacial score (nSPS) is 21.6. The van der Waals surface area contributed by atoms with Crippen molar-refractivity contribution < 1.29 is 19.4 Å². The highest BCUT2D eigenvalue weighted by Crippen LogP contribution is 2.19. The first-order valence-electron chi connectivity index (χ1n) is 6.48. The van der Waals surface area contributed by atoms with Crippen LogP contribution in [0.2, 0.25) is 0 Å². The van der Waals surface area contributed by atoms with Crippen molar-refractivity contribution in [1.82, 2.24) is 5.32 Å². The van der Waals surface area contributed by atoms with Gasteiger partial charge in [-0.2, -0.15) is 0 Å². The lowest BCUT2D eigenvalue weighted by Crippen LogP contribution is -2.34. The van der Waals surface area contributed by atoms with Crippen molar-refractivity contribution >= 4 is 23.6 Å². The molecule has 5 nitrogen and oxygen atoms in total. The predicted molar refractivity (Wildman–Crippen MR) is 75.7 cm³/mol. The van der Waals surface area contributed by atoms with Crippen LogP contribution < -0.4 is 5.32 Å². The van der Waals surface area contributed by atoms with Gasteiger partial charge in [-0.3, -0.25) is 4.79 Å². The Bertz CT molecular complexity index is 466. The monoisotopic (exact) mass is 295 g/mol. The van der Waals surface area contributed by atoms with E-state index in [1.807, 2.05) is 30.3 Å². The van der Waals surface area contributed by atoms with E-state index < -0.39 is 12.1 Å². The van der Waals surface area contributed by atoms with Gasteiger partial charge in [-0.1, -0.05) is 18.2 Å². The molecule has 6 heteroatoms. The highest BCUT2D eigenvalue weighted by atomic mass is 32.2. The van der Waals surface area contributed by atoms with Crippen LogP contribution in [0.1, 0.15) is 12.8 Å². The standard InChI is InChI=1S/C14H17NO4S/c16-13(9-20-11-4-2-1-3-5-11)15-8-10-6-7-12(19-10)14(17)18/h1-5,10,12H,6-9H2,(H,15,16)(H,17,18). The van der Waals surface area contributed by atoms with Gasteiger partial charge in [0.25, 0.3) is 0 Å². The molecule has 1 fully saturated rings. The molecule has 1 heterocycles. The van der Waals surface area contributed by atoms with Crippen molar-refractivity contribution in [1.29, 1.82) is 0 Å². The first-order valence-corrected chi connectivity index (χ1v) is 7.46. The lowest BCUT2D eigenvalue weighted by atomic mass is 10.2. The van der Waals surface area contributed by atoms with E-state index in [1.165, 1.54) is 11.8 Å². The van der Waals surface area contributed by atoms with Crippen LogP contribution in [0.25, 0.3) is 0 Å². The maximum Gasteiger partial charge on any atom is 0.332 e. The minimum absolute atomic E-state index is 0.0683. The summed E-state index contributed by atoms with van der Waals surface area (Å²) in [6.07, 6.45) is 0.259. The second-order valence-corrected chi connectivity index (χ2v) is 5.62. The fraction of sp³-hybridized carbons (Fsp3) is 0.429. The number of thioether (sulfide) groups is 1.